The number of hydrogen-bond donors (Lipinski definition) is 3. The molecule has 0 aliphatic heterocycles. The monoisotopic (exact) mass is 670 g/mol. The maximum atomic E-state index is 12.3. The van der Waals surface area contributed by atoms with Crippen molar-refractivity contribution >= 4 is 19.8 Å². The predicted octanol–water partition coefficient (Wildman–Crippen LogP) is 8.98. The Kier molecular flexibility index (Phi) is 30.2. The van der Waals surface area contributed by atoms with Crippen LogP contribution in [-0.2, 0) is 28.2 Å². The van der Waals surface area contributed by atoms with Crippen molar-refractivity contribution in [3.8, 4) is 0 Å². The van der Waals surface area contributed by atoms with Gasteiger partial charge in [-0.2, -0.15) is 0 Å². The van der Waals surface area contributed by atoms with E-state index < -0.39 is 38.6 Å². The first-order chi connectivity index (χ1) is 22.2. The molecule has 0 heterocycles. The third-order valence-corrected chi connectivity index (χ3v) is 7.67. The first kappa shape index (κ1) is 44.0. The number of carbonyl (C=O) groups is 2. The van der Waals surface area contributed by atoms with Crippen molar-refractivity contribution in [1.29, 1.82) is 0 Å². The summed E-state index contributed by atoms with van der Waals surface area (Å²) in [4.78, 5) is 42.5. The number of phosphoric acid groups is 1. The number of unbranched alkanes of at least 4 members (excludes halogenated alkanes) is 13. The normalized spacial score (nSPS) is 13.8. The maximum absolute atomic E-state index is 12.3. The minimum atomic E-state index is -4.77. The van der Waals surface area contributed by atoms with E-state index >= 15 is 0 Å². The topological polar surface area (TPSA) is 140 Å². The van der Waals surface area contributed by atoms with Gasteiger partial charge < -0.3 is 24.4 Å². The standard InChI is InChI=1S/C36H63O9P/c1-3-5-7-9-11-12-13-17-21-25-29-35(38)43-31-34(32-44-46(40,41)42)45-36(39)30-26-22-18-15-14-16-20-24-28-33(37)27-23-19-10-8-6-4-2/h15-16,18-20,23-24,28,33-34,37H,3-14,17,21-22,25-27,29-32H2,1-2H3,(H2,40,41,42)/b18-15-,20-16-,23-19-,28-24+/t33-,34+/m0/s1. The average Bonchev–Trinajstić information content (AvgIpc) is 3.01. The van der Waals surface area contributed by atoms with Crippen LogP contribution in [0, 0.1) is 0 Å². The number of rotatable bonds is 31. The molecule has 0 radical (unpaired) electrons. The summed E-state index contributed by atoms with van der Waals surface area (Å²) in [7, 11) is -4.77. The average molecular weight is 671 g/mol. The number of hydrogen-bond acceptors (Lipinski definition) is 7. The van der Waals surface area contributed by atoms with E-state index in [-0.39, 0.29) is 19.4 Å². The SMILES string of the molecule is CCCCC/C=C\C[C@H](O)/C=C/C=C\C/C=C\CCCC(=O)O[C@H](COC(=O)CCCCCCCCCCCC)COP(=O)(O)O. The van der Waals surface area contributed by atoms with Crippen LogP contribution in [0.15, 0.2) is 48.6 Å². The molecule has 266 valence electrons. The number of aliphatic hydroxyl groups excluding tert-OH is 1. The van der Waals surface area contributed by atoms with E-state index in [2.05, 4.69) is 24.4 Å². The van der Waals surface area contributed by atoms with Crippen LogP contribution < -0.4 is 0 Å². The van der Waals surface area contributed by atoms with Crippen molar-refractivity contribution in [3.05, 3.63) is 48.6 Å². The molecule has 0 saturated heterocycles. The molecule has 0 aromatic rings. The quantitative estimate of drug-likeness (QED) is 0.0217. The Bertz CT molecular complexity index is 907. The number of esters is 2. The molecule has 0 unspecified atom stereocenters. The smallest absolute Gasteiger partial charge is 0.462 e. The van der Waals surface area contributed by atoms with Crippen LogP contribution in [0.25, 0.3) is 0 Å². The lowest BCUT2D eigenvalue weighted by molar-refractivity contribution is -0.161. The van der Waals surface area contributed by atoms with E-state index in [1.807, 2.05) is 36.5 Å². The number of aliphatic hydroxyl groups is 1. The van der Waals surface area contributed by atoms with E-state index in [4.69, 9.17) is 19.3 Å². The molecule has 0 aliphatic rings. The lowest BCUT2D eigenvalue weighted by Gasteiger charge is -2.18. The van der Waals surface area contributed by atoms with Gasteiger partial charge in [0.15, 0.2) is 6.10 Å². The highest BCUT2D eigenvalue weighted by molar-refractivity contribution is 7.46. The lowest BCUT2D eigenvalue weighted by atomic mass is 10.1. The van der Waals surface area contributed by atoms with Crippen molar-refractivity contribution in [2.45, 2.75) is 154 Å². The van der Waals surface area contributed by atoms with Gasteiger partial charge >= 0.3 is 19.8 Å². The fourth-order valence-corrected chi connectivity index (χ4v) is 4.87. The Hall–Kier alpha value is -2.03. The summed E-state index contributed by atoms with van der Waals surface area (Å²) in [5.41, 5.74) is 0. The summed E-state index contributed by atoms with van der Waals surface area (Å²) in [6.07, 6.45) is 33.0. The number of allylic oxidation sites excluding steroid dienone is 6. The van der Waals surface area contributed by atoms with Crippen molar-refractivity contribution < 1.29 is 43.0 Å². The summed E-state index contributed by atoms with van der Waals surface area (Å²) in [6, 6.07) is 0. The highest BCUT2D eigenvalue weighted by Crippen LogP contribution is 2.35. The third-order valence-electron chi connectivity index (χ3n) is 7.18. The molecule has 0 aliphatic carbocycles. The van der Waals surface area contributed by atoms with E-state index in [1.54, 1.807) is 6.08 Å². The van der Waals surface area contributed by atoms with Crippen molar-refractivity contribution in [3.63, 3.8) is 0 Å². The number of ether oxygens (including phenoxy) is 2. The van der Waals surface area contributed by atoms with Crippen LogP contribution in [-0.4, -0.2) is 52.3 Å². The molecule has 0 fully saturated rings. The van der Waals surface area contributed by atoms with Crippen LogP contribution >= 0.6 is 7.82 Å². The molecule has 0 aromatic carbocycles. The Morgan fingerprint density at radius 1 is 0.674 bits per heavy atom. The Balaban J connectivity index is 4.20. The van der Waals surface area contributed by atoms with Gasteiger partial charge in [0.2, 0.25) is 0 Å². The first-order valence-corrected chi connectivity index (χ1v) is 19.1. The Morgan fingerprint density at radius 2 is 1.26 bits per heavy atom. The van der Waals surface area contributed by atoms with Crippen LogP contribution in [0.4, 0.5) is 0 Å². The second-order valence-corrected chi connectivity index (χ2v) is 12.9. The van der Waals surface area contributed by atoms with Gasteiger partial charge in [-0.15, -0.1) is 0 Å². The first-order valence-electron chi connectivity index (χ1n) is 17.5. The number of carbonyl (C=O) groups excluding carboxylic acids is 2. The summed E-state index contributed by atoms with van der Waals surface area (Å²) in [6.45, 7) is 3.49. The van der Waals surface area contributed by atoms with Crippen LogP contribution in [0.2, 0.25) is 0 Å². The maximum Gasteiger partial charge on any atom is 0.469 e. The minimum Gasteiger partial charge on any atom is -0.462 e. The molecule has 9 nitrogen and oxygen atoms in total. The highest BCUT2D eigenvalue weighted by Gasteiger charge is 2.22. The van der Waals surface area contributed by atoms with Gasteiger partial charge in [-0.3, -0.25) is 14.1 Å². The zero-order chi connectivity index (χ0) is 34.1. The van der Waals surface area contributed by atoms with E-state index in [9.17, 15) is 19.3 Å². The summed E-state index contributed by atoms with van der Waals surface area (Å²) >= 11 is 0. The zero-order valence-electron chi connectivity index (χ0n) is 28.6. The Morgan fingerprint density at radius 3 is 1.93 bits per heavy atom. The van der Waals surface area contributed by atoms with Crippen molar-refractivity contribution in [1.82, 2.24) is 0 Å². The second-order valence-electron chi connectivity index (χ2n) is 11.7. The lowest BCUT2D eigenvalue weighted by Crippen LogP contribution is -2.29. The second kappa shape index (κ2) is 31.6. The van der Waals surface area contributed by atoms with Crippen LogP contribution in [0.5, 0.6) is 0 Å². The molecule has 3 N–H and O–H groups in total. The minimum absolute atomic E-state index is 0.104. The molecule has 0 saturated carbocycles. The molecular formula is C36H63O9P. The molecule has 2 atom stereocenters. The number of phosphoric ester groups is 1. The predicted molar refractivity (Wildman–Crippen MR) is 185 cm³/mol. The van der Waals surface area contributed by atoms with Gasteiger partial charge in [0.25, 0.3) is 0 Å². The van der Waals surface area contributed by atoms with Gasteiger partial charge in [0.05, 0.1) is 12.7 Å². The van der Waals surface area contributed by atoms with E-state index in [0.717, 1.165) is 25.7 Å². The van der Waals surface area contributed by atoms with Gasteiger partial charge in [-0.1, -0.05) is 133 Å². The molecule has 0 rings (SSSR count). The van der Waals surface area contributed by atoms with Gasteiger partial charge in [0.1, 0.15) is 6.61 Å². The molecular weight excluding hydrogens is 607 g/mol. The van der Waals surface area contributed by atoms with E-state index in [1.165, 1.54) is 57.8 Å². The van der Waals surface area contributed by atoms with Crippen molar-refractivity contribution in [2.75, 3.05) is 13.2 Å². The molecule has 46 heavy (non-hydrogen) atoms. The van der Waals surface area contributed by atoms with Gasteiger partial charge in [0, 0.05) is 12.8 Å². The van der Waals surface area contributed by atoms with E-state index in [0.29, 0.717) is 32.1 Å². The molecule has 0 amide bonds. The van der Waals surface area contributed by atoms with Crippen LogP contribution in [0.1, 0.15) is 142 Å². The van der Waals surface area contributed by atoms with Gasteiger partial charge in [-0.25, -0.2) is 4.57 Å². The van der Waals surface area contributed by atoms with Crippen molar-refractivity contribution in [2.24, 2.45) is 0 Å². The Labute approximate surface area is 278 Å². The largest absolute Gasteiger partial charge is 0.469 e. The third kappa shape index (κ3) is 33.3. The summed E-state index contributed by atoms with van der Waals surface area (Å²) < 4.78 is 26.1. The fourth-order valence-electron chi connectivity index (χ4n) is 4.51. The molecule has 10 heteroatoms. The highest BCUT2D eigenvalue weighted by atomic mass is 31.2. The summed E-state index contributed by atoms with van der Waals surface area (Å²) in [5, 5.41) is 9.97. The summed E-state index contributed by atoms with van der Waals surface area (Å²) in [5.74, 6) is -0.995. The molecule has 0 aromatic heterocycles. The zero-order valence-corrected chi connectivity index (χ0v) is 29.5. The van der Waals surface area contributed by atoms with Crippen LogP contribution in [0.3, 0.4) is 0 Å². The molecule has 0 bridgehead atoms. The fraction of sp³-hybridized carbons (Fsp3) is 0.722. The molecule has 0 spiro atoms. The van der Waals surface area contributed by atoms with Gasteiger partial charge in [-0.05, 0) is 44.9 Å².